The molecule has 0 aromatic heterocycles. The predicted octanol–water partition coefficient (Wildman–Crippen LogP) is 0.847. The molecule has 0 aliphatic carbocycles. The zero-order chi connectivity index (χ0) is 14.7. The van der Waals surface area contributed by atoms with Crippen LogP contribution in [-0.4, -0.2) is 41.3 Å². The van der Waals surface area contributed by atoms with Crippen molar-refractivity contribution in [2.75, 3.05) is 26.6 Å². The maximum absolute atomic E-state index is 12.2. The summed E-state index contributed by atoms with van der Waals surface area (Å²) in [6.45, 7) is 1.67. The Morgan fingerprint density at radius 1 is 1.14 bits per heavy atom. The molecule has 1 fully saturated rings. The fourth-order valence-electron chi connectivity index (χ4n) is 2.14. The van der Waals surface area contributed by atoms with Crippen molar-refractivity contribution in [2.24, 2.45) is 0 Å². The van der Waals surface area contributed by atoms with Gasteiger partial charge in [0.2, 0.25) is 16.8 Å². The molecular weight excluding hydrogens is 298 g/mol. The number of fused-ring (bicyclic) bond motifs is 1. The third kappa shape index (κ3) is 3.46. The van der Waals surface area contributed by atoms with Crippen molar-refractivity contribution in [3.05, 3.63) is 18.2 Å². The fraction of sp³-hybridized carbons (Fsp3) is 0.538. The number of ether oxygens (including phenoxy) is 4. The Morgan fingerprint density at radius 2 is 1.90 bits per heavy atom. The molecule has 0 saturated carbocycles. The van der Waals surface area contributed by atoms with Gasteiger partial charge in [-0.15, -0.1) is 0 Å². The summed E-state index contributed by atoms with van der Waals surface area (Å²) in [5.41, 5.74) is 0. The van der Waals surface area contributed by atoms with E-state index in [9.17, 15) is 8.42 Å². The van der Waals surface area contributed by atoms with Crippen LogP contribution in [0.15, 0.2) is 23.1 Å². The molecule has 0 radical (unpaired) electrons. The number of rotatable bonds is 5. The van der Waals surface area contributed by atoms with E-state index in [1.54, 1.807) is 6.07 Å². The maximum atomic E-state index is 12.2. The molecule has 0 bridgehead atoms. The molecule has 1 N–H and O–H groups in total. The average molecular weight is 315 g/mol. The molecule has 1 aromatic rings. The van der Waals surface area contributed by atoms with Gasteiger partial charge in [-0.1, -0.05) is 0 Å². The fourth-order valence-corrected chi connectivity index (χ4v) is 3.20. The molecule has 0 amide bonds. The Morgan fingerprint density at radius 3 is 2.71 bits per heavy atom. The third-order valence-corrected chi connectivity index (χ3v) is 4.68. The summed E-state index contributed by atoms with van der Waals surface area (Å²) in [5, 5.41) is 0. The van der Waals surface area contributed by atoms with Crippen molar-refractivity contribution in [1.29, 1.82) is 0 Å². The average Bonchev–Trinajstić information content (AvgIpc) is 2.95. The van der Waals surface area contributed by atoms with E-state index in [4.69, 9.17) is 18.9 Å². The van der Waals surface area contributed by atoms with E-state index in [1.807, 2.05) is 0 Å². The lowest BCUT2D eigenvalue weighted by Gasteiger charge is -2.23. The van der Waals surface area contributed by atoms with Crippen molar-refractivity contribution in [2.45, 2.75) is 24.0 Å². The Labute approximate surface area is 123 Å². The largest absolute Gasteiger partial charge is 0.454 e. The van der Waals surface area contributed by atoms with Gasteiger partial charge in [-0.2, -0.15) is 0 Å². The van der Waals surface area contributed by atoms with Gasteiger partial charge in [0.15, 0.2) is 17.8 Å². The van der Waals surface area contributed by atoms with Crippen LogP contribution in [0.25, 0.3) is 0 Å². The van der Waals surface area contributed by atoms with Gasteiger partial charge < -0.3 is 18.9 Å². The van der Waals surface area contributed by atoms with Crippen molar-refractivity contribution in [3.63, 3.8) is 0 Å². The van der Waals surface area contributed by atoms with Crippen LogP contribution in [0.3, 0.4) is 0 Å². The van der Waals surface area contributed by atoms with Crippen LogP contribution in [0.4, 0.5) is 0 Å². The number of nitrogens with one attached hydrogen (secondary N) is 1. The van der Waals surface area contributed by atoms with Gasteiger partial charge in [-0.25, -0.2) is 13.1 Å². The SMILES string of the molecule is O=S(=O)(NCCC1OCCCO1)c1ccc2c(c1)OCO2. The minimum absolute atomic E-state index is 0.114. The summed E-state index contributed by atoms with van der Waals surface area (Å²) in [6.07, 6.45) is 1.02. The van der Waals surface area contributed by atoms with Gasteiger partial charge in [-0.05, 0) is 18.6 Å². The highest BCUT2D eigenvalue weighted by molar-refractivity contribution is 7.89. The van der Waals surface area contributed by atoms with Crippen LogP contribution >= 0.6 is 0 Å². The van der Waals surface area contributed by atoms with Crippen LogP contribution in [0.5, 0.6) is 11.5 Å². The molecule has 1 aromatic carbocycles. The van der Waals surface area contributed by atoms with Crippen molar-refractivity contribution in [1.82, 2.24) is 4.72 Å². The van der Waals surface area contributed by atoms with Crippen molar-refractivity contribution < 1.29 is 27.4 Å². The summed E-state index contributed by atoms with van der Waals surface area (Å²) in [5.74, 6) is 0.995. The highest BCUT2D eigenvalue weighted by atomic mass is 32.2. The van der Waals surface area contributed by atoms with Crippen LogP contribution in [0, 0.1) is 0 Å². The van der Waals surface area contributed by atoms with Gasteiger partial charge in [0, 0.05) is 19.0 Å². The zero-order valence-corrected chi connectivity index (χ0v) is 12.2. The molecule has 0 atom stereocenters. The van der Waals surface area contributed by atoms with E-state index in [-0.39, 0.29) is 24.5 Å². The van der Waals surface area contributed by atoms with Gasteiger partial charge in [0.1, 0.15) is 0 Å². The monoisotopic (exact) mass is 315 g/mol. The van der Waals surface area contributed by atoms with Gasteiger partial charge in [-0.3, -0.25) is 0 Å². The number of benzene rings is 1. The smallest absolute Gasteiger partial charge is 0.240 e. The van der Waals surface area contributed by atoms with Crippen molar-refractivity contribution >= 4 is 10.0 Å². The summed E-state index contributed by atoms with van der Waals surface area (Å²) < 4.78 is 48.0. The third-order valence-electron chi connectivity index (χ3n) is 3.22. The number of sulfonamides is 1. The first-order chi connectivity index (χ1) is 10.1. The lowest BCUT2D eigenvalue weighted by molar-refractivity contribution is -0.180. The Hall–Kier alpha value is -1.35. The van der Waals surface area contributed by atoms with Crippen LogP contribution < -0.4 is 14.2 Å². The Bertz CT molecular complexity index is 597. The maximum Gasteiger partial charge on any atom is 0.240 e. The molecule has 7 nitrogen and oxygen atoms in total. The molecule has 2 aliphatic heterocycles. The summed E-state index contributed by atoms with van der Waals surface area (Å²) >= 11 is 0. The van der Waals surface area contributed by atoms with E-state index >= 15 is 0 Å². The van der Waals surface area contributed by atoms with Crippen LogP contribution in [-0.2, 0) is 19.5 Å². The summed E-state index contributed by atoms with van der Waals surface area (Å²) in [7, 11) is -3.58. The first-order valence-electron chi connectivity index (χ1n) is 6.78. The molecule has 8 heteroatoms. The Kier molecular flexibility index (Phi) is 4.29. The highest BCUT2D eigenvalue weighted by Gasteiger charge is 2.21. The molecule has 2 heterocycles. The van der Waals surface area contributed by atoms with Crippen LogP contribution in [0.2, 0.25) is 0 Å². The van der Waals surface area contributed by atoms with Gasteiger partial charge >= 0.3 is 0 Å². The number of hydrogen-bond acceptors (Lipinski definition) is 6. The molecule has 2 aliphatic rings. The minimum atomic E-state index is -3.58. The second kappa shape index (κ2) is 6.18. The molecule has 1 saturated heterocycles. The first-order valence-corrected chi connectivity index (χ1v) is 8.26. The van der Waals surface area contributed by atoms with E-state index < -0.39 is 10.0 Å². The molecule has 116 valence electrons. The van der Waals surface area contributed by atoms with E-state index in [0.29, 0.717) is 31.1 Å². The molecule has 21 heavy (non-hydrogen) atoms. The van der Waals surface area contributed by atoms with Gasteiger partial charge in [0.05, 0.1) is 18.1 Å². The lowest BCUT2D eigenvalue weighted by atomic mass is 10.3. The first kappa shape index (κ1) is 14.6. The topological polar surface area (TPSA) is 83.1 Å². The zero-order valence-electron chi connectivity index (χ0n) is 11.4. The predicted molar refractivity (Wildman–Crippen MR) is 72.7 cm³/mol. The summed E-state index contributed by atoms with van der Waals surface area (Å²) in [4.78, 5) is 0.150. The second-order valence-electron chi connectivity index (χ2n) is 4.73. The highest BCUT2D eigenvalue weighted by Crippen LogP contribution is 2.33. The van der Waals surface area contributed by atoms with Crippen LogP contribution in [0.1, 0.15) is 12.8 Å². The van der Waals surface area contributed by atoms with E-state index in [0.717, 1.165) is 6.42 Å². The molecular formula is C13H17NO6S. The lowest BCUT2D eigenvalue weighted by Crippen LogP contribution is -2.31. The quantitative estimate of drug-likeness (QED) is 0.867. The summed E-state index contributed by atoms with van der Waals surface area (Å²) in [6, 6.07) is 4.53. The second-order valence-corrected chi connectivity index (χ2v) is 6.49. The Balaban J connectivity index is 1.58. The molecule has 0 spiro atoms. The molecule has 0 unspecified atom stereocenters. The molecule has 3 rings (SSSR count). The number of hydrogen-bond donors (Lipinski definition) is 1. The van der Waals surface area contributed by atoms with E-state index in [1.165, 1.54) is 12.1 Å². The minimum Gasteiger partial charge on any atom is -0.454 e. The van der Waals surface area contributed by atoms with E-state index in [2.05, 4.69) is 4.72 Å². The standard InChI is InChI=1S/C13H17NO6S/c15-21(16,14-5-4-13-17-6-1-7-18-13)10-2-3-11-12(8-10)20-9-19-11/h2-3,8,13-14H,1,4-7,9H2. The van der Waals surface area contributed by atoms with Crippen molar-refractivity contribution in [3.8, 4) is 11.5 Å². The normalized spacial score (nSPS) is 18.9. The van der Waals surface area contributed by atoms with Gasteiger partial charge in [0.25, 0.3) is 0 Å².